The molecule has 1 aromatic carbocycles. The van der Waals surface area contributed by atoms with Crippen LogP contribution in [0.4, 0.5) is 0 Å². The average Bonchev–Trinajstić information content (AvgIpc) is 2.81. The molecule has 0 bridgehead atoms. The number of carbonyl (C=O) groups is 5. The van der Waals surface area contributed by atoms with Gasteiger partial charge in [-0.1, -0.05) is 6.07 Å². The van der Waals surface area contributed by atoms with E-state index in [1.54, 1.807) is 44.6 Å². The van der Waals surface area contributed by atoms with Gasteiger partial charge in [0.2, 0.25) is 5.91 Å². The van der Waals surface area contributed by atoms with Crippen LogP contribution in [0.25, 0.3) is 11.3 Å². The second-order valence-electron chi connectivity index (χ2n) is 9.99. The Labute approximate surface area is 206 Å². The maximum absolute atomic E-state index is 13.8. The second-order valence-corrected chi connectivity index (χ2v) is 9.99. The van der Waals surface area contributed by atoms with E-state index in [0.29, 0.717) is 16.8 Å². The number of fused-ring (bicyclic) bond motifs is 3. The summed E-state index contributed by atoms with van der Waals surface area (Å²) >= 11 is 0. The number of benzene rings is 1. The fraction of sp³-hybridized carbons (Fsp3) is 0.385. The molecular weight excluding hydrogens is 466 g/mol. The third-order valence-corrected chi connectivity index (χ3v) is 7.89. The summed E-state index contributed by atoms with van der Waals surface area (Å²) in [6, 6.07) is 7.16. The number of aromatic nitrogens is 1. The molecule has 2 saturated carbocycles. The first kappa shape index (κ1) is 24.0. The van der Waals surface area contributed by atoms with Crippen LogP contribution in [0.2, 0.25) is 0 Å². The highest BCUT2D eigenvalue weighted by Gasteiger charge is 2.69. The number of pyridine rings is 1. The highest BCUT2D eigenvalue weighted by Crippen LogP contribution is 2.51. The summed E-state index contributed by atoms with van der Waals surface area (Å²) in [5.41, 5.74) is 4.26. The first-order chi connectivity index (χ1) is 17.0. The molecule has 4 N–H and O–H groups in total. The first-order valence-electron chi connectivity index (χ1n) is 11.6. The number of phenols is 1. The van der Waals surface area contributed by atoms with Crippen molar-refractivity contribution < 1.29 is 34.2 Å². The summed E-state index contributed by atoms with van der Waals surface area (Å²) in [5, 5.41) is 22.2. The van der Waals surface area contributed by atoms with Gasteiger partial charge in [-0.05, 0) is 62.7 Å². The number of likely N-dealkylation sites (N-methyl/N-ethyl adjacent to an activating group) is 1. The number of nitrogens with zero attached hydrogens (tertiary/aromatic N) is 2. The predicted octanol–water partition coefficient (Wildman–Crippen LogP) is -0.0710. The number of hydrogen-bond acceptors (Lipinski definition) is 9. The molecule has 1 amide bonds. The van der Waals surface area contributed by atoms with Gasteiger partial charge in [0.15, 0.2) is 34.7 Å². The third kappa shape index (κ3) is 3.11. The topological polar surface area (TPSA) is 168 Å². The average molecular weight is 492 g/mol. The van der Waals surface area contributed by atoms with E-state index >= 15 is 0 Å². The quantitative estimate of drug-likeness (QED) is 0.498. The Kier molecular flexibility index (Phi) is 5.42. The molecule has 2 fully saturated rings. The largest absolute Gasteiger partial charge is 0.507 e. The van der Waals surface area contributed by atoms with Crippen LogP contribution in [0.1, 0.15) is 22.3 Å². The minimum Gasteiger partial charge on any atom is -0.507 e. The van der Waals surface area contributed by atoms with E-state index in [4.69, 9.17) is 5.73 Å². The lowest BCUT2D eigenvalue weighted by molar-refractivity contribution is -0.181. The number of hydrogen-bond donors (Lipinski definition) is 3. The fourth-order valence-corrected chi connectivity index (χ4v) is 6.37. The minimum absolute atomic E-state index is 0.00120. The van der Waals surface area contributed by atoms with Crippen molar-refractivity contribution in [3.63, 3.8) is 0 Å². The number of Topliss-reactive ketones (excluding diaryl/α,β-unsaturated/α-hetero) is 4. The van der Waals surface area contributed by atoms with Crippen LogP contribution in [0.3, 0.4) is 0 Å². The van der Waals surface area contributed by atoms with Crippen molar-refractivity contribution in [1.29, 1.82) is 0 Å². The van der Waals surface area contributed by atoms with Crippen molar-refractivity contribution in [3.05, 3.63) is 47.7 Å². The van der Waals surface area contributed by atoms with E-state index in [1.165, 1.54) is 11.0 Å². The molecule has 0 radical (unpaired) electrons. The molecule has 3 aliphatic carbocycles. The molecule has 186 valence electrons. The van der Waals surface area contributed by atoms with Gasteiger partial charge in [0.1, 0.15) is 5.75 Å². The molecule has 10 nitrogen and oxygen atoms in total. The van der Waals surface area contributed by atoms with E-state index < -0.39 is 64.4 Å². The monoisotopic (exact) mass is 491 g/mol. The van der Waals surface area contributed by atoms with Gasteiger partial charge in [-0.15, -0.1) is 0 Å². The number of rotatable bonds is 3. The summed E-state index contributed by atoms with van der Waals surface area (Å²) in [5.74, 6) is -10.6. The number of aliphatic hydroxyl groups is 1. The highest BCUT2D eigenvalue weighted by atomic mass is 16.3. The Bertz CT molecular complexity index is 1340. The lowest BCUT2D eigenvalue weighted by Gasteiger charge is -2.52. The number of amides is 1. The van der Waals surface area contributed by atoms with Crippen molar-refractivity contribution in [2.75, 3.05) is 14.1 Å². The van der Waals surface area contributed by atoms with E-state index in [-0.39, 0.29) is 24.2 Å². The summed E-state index contributed by atoms with van der Waals surface area (Å²) in [4.78, 5) is 71.7. The molecule has 1 heterocycles. The molecule has 0 aliphatic heterocycles. The van der Waals surface area contributed by atoms with Gasteiger partial charge in [0.05, 0.1) is 23.2 Å². The zero-order chi connectivity index (χ0) is 26.1. The second kappa shape index (κ2) is 8.14. The Morgan fingerprint density at radius 1 is 1.11 bits per heavy atom. The Hall–Kier alpha value is -3.76. The van der Waals surface area contributed by atoms with Crippen molar-refractivity contribution in [2.24, 2.45) is 29.4 Å². The fourth-order valence-electron chi connectivity index (χ4n) is 6.37. The van der Waals surface area contributed by atoms with Crippen LogP contribution in [0.15, 0.2) is 36.5 Å². The van der Waals surface area contributed by atoms with Gasteiger partial charge in [-0.25, -0.2) is 0 Å². The Morgan fingerprint density at radius 2 is 1.83 bits per heavy atom. The zero-order valence-corrected chi connectivity index (χ0v) is 19.7. The molecule has 0 saturated heterocycles. The smallest absolute Gasteiger partial charge is 0.235 e. The van der Waals surface area contributed by atoms with E-state index in [2.05, 4.69) is 4.98 Å². The SMILES string of the molecule is CN(C)[C@@H]1C(=O)C(C(N)=O)C(=O)[C@@]2(O)C(=O)C3C(=O)c4c(O)ccc(-c5ccccn5)c4C[C@H]3C[C@@H]12. The van der Waals surface area contributed by atoms with Gasteiger partial charge in [-0.3, -0.25) is 33.9 Å². The lowest BCUT2D eigenvalue weighted by atomic mass is 9.52. The van der Waals surface area contributed by atoms with Gasteiger partial charge in [0, 0.05) is 17.7 Å². The van der Waals surface area contributed by atoms with Gasteiger partial charge < -0.3 is 15.9 Å². The number of carbonyl (C=O) groups excluding carboxylic acids is 5. The maximum atomic E-state index is 13.8. The summed E-state index contributed by atoms with van der Waals surface area (Å²) in [6.45, 7) is 0. The number of ketones is 4. The molecule has 10 heteroatoms. The summed E-state index contributed by atoms with van der Waals surface area (Å²) < 4.78 is 0. The molecular formula is C26H25N3O7. The van der Waals surface area contributed by atoms with Crippen LogP contribution in [-0.4, -0.2) is 74.9 Å². The molecule has 36 heavy (non-hydrogen) atoms. The first-order valence-corrected chi connectivity index (χ1v) is 11.6. The number of primary amides is 1. The van der Waals surface area contributed by atoms with Crippen LogP contribution < -0.4 is 5.73 Å². The van der Waals surface area contributed by atoms with Gasteiger partial charge >= 0.3 is 0 Å². The number of nitrogens with two attached hydrogens (primary N) is 1. The third-order valence-electron chi connectivity index (χ3n) is 7.89. The zero-order valence-electron chi connectivity index (χ0n) is 19.7. The summed E-state index contributed by atoms with van der Waals surface area (Å²) in [7, 11) is 3.10. The molecule has 1 aromatic heterocycles. The minimum atomic E-state index is -2.73. The standard InChI is InChI=1S/C26H25N3O7/c1-29(2)20-14-10-11-9-13-12(15-5-3-4-8-28-15)6-7-16(30)18(13)21(31)17(11)23(33)26(14,36)24(34)19(22(20)32)25(27)35/h3-8,11,14,17,19-20,30,36H,9-10H2,1-2H3,(H2,27,35)/t11-,14-,17?,19?,20-,26-/m0/s1. The predicted molar refractivity (Wildman–Crippen MR) is 125 cm³/mol. The van der Waals surface area contributed by atoms with Gasteiger partial charge in [-0.2, -0.15) is 0 Å². The van der Waals surface area contributed by atoms with Crippen molar-refractivity contribution in [3.8, 4) is 17.0 Å². The lowest BCUT2D eigenvalue weighted by Crippen LogP contribution is -2.74. The number of phenolic OH excluding ortho intramolecular Hbond substituents is 1. The van der Waals surface area contributed by atoms with Crippen molar-refractivity contribution in [1.82, 2.24) is 9.88 Å². The van der Waals surface area contributed by atoms with Crippen molar-refractivity contribution in [2.45, 2.75) is 24.5 Å². The van der Waals surface area contributed by atoms with E-state index in [1.807, 2.05) is 0 Å². The van der Waals surface area contributed by atoms with Crippen LogP contribution in [0, 0.1) is 23.7 Å². The molecule has 3 aliphatic rings. The maximum Gasteiger partial charge on any atom is 0.235 e. The molecule has 6 atom stereocenters. The van der Waals surface area contributed by atoms with Gasteiger partial charge in [0.25, 0.3) is 0 Å². The van der Waals surface area contributed by atoms with E-state index in [9.17, 15) is 34.2 Å². The highest BCUT2D eigenvalue weighted by molar-refractivity contribution is 6.32. The number of aromatic hydroxyl groups is 1. The van der Waals surface area contributed by atoms with Crippen molar-refractivity contribution >= 4 is 29.0 Å². The Balaban J connectivity index is 1.66. The van der Waals surface area contributed by atoms with E-state index in [0.717, 1.165) is 0 Å². The van der Waals surface area contributed by atoms with Crippen LogP contribution in [0.5, 0.6) is 5.75 Å². The molecule has 2 aromatic rings. The molecule has 2 unspecified atom stereocenters. The Morgan fingerprint density at radius 3 is 2.44 bits per heavy atom. The summed E-state index contributed by atoms with van der Waals surface area (Å²) in [6.07, 6.45) is 1.79. The normalized spacial score (nSPS) is 31.6. The van der Waals surface area contributed by atoms with Crippen LogP contribution >= 0.6 is 0 Å². The van der Waals surface area contributed by atoms with Crippen LogP contribution in [-0.2, 0) is 25.6 Å². The molecule has 0 spiro atoms. The molecule has 5 rings (SSSR count).